The molecule has 0 unspecified atom stereocenters. The van der Waals surface area contributed by atoms with Crippen molar-refractivity contribution < 1.29 is 19.0 Å². The third-order valence-electron chi connectivity index (χ3n) is 3.76. The molecule has 0 fully saturated rings. The van der Waals surface area contributed by atoms with Crippen molar-refractivity contribution in [2.45, 2.75) is 19.8 Å². The smallest absolute Gasteiger partial charge is 0.261 e. The van der Waals surface area contributed by atoms with Crippen LogP contribution < -0.4 is 20.1 Å². The van der Waals surface area contributed by atoms with E-state index in [1.807, 2.05) is 24.3 Å². The Labute approximate surface area is 171 Å². The lowest BCUT2D eigenvalue weighted by Crippen LogP contribution is -2.34. The van der Waals surface area contributed by atoms with Crippen LogP contribution in [-0.4, -0.2) is 38.0 Å². The van der Waals surface area contributed by atoms with Gasteiger partial charge in [-0.3, -0.25) is 10.1 Å². The second-order valence-electron chi connectivity index (χ2n) is 5.98. The molecule has 150 valence electrons. The van der Waals surface area contributed by atoms with Gasteiger partial charge in [-0.15, -0.1) is 0 Å². The number of methoxy groups -OCH3 is 1. The van der Waals surface area contributed by atoms with E-state index >= 15 is 0 Å². The molecule has 2 aromatic carbocycles. The Kier molecular flexibility index (Phi) is 9.24. The summed E-state index contributed by atoms with van der Waals surface area (Å²) in [5, 5.41) is 5.88. The second kappa shape index (κ2) is 11.9. The minimum atomic E-state index is -0.322. The average molecular weight is 403 g/mol. The van der Waals surface area contributed by atoms with Crippen molar-refractivity contribution in [1.82, 2.24) is 5.32 Å². The number of amides is 1. The summed E-state index contributed by atoms with van der Waals surface area (Å²) in [6.45, 7) is 3.62. The van der Waals surface area contributed by atoms with E-state index in [-0.39, 0.29) is 11.0 Å². The normalized spacial score (nSPS) is 10.2. The minimum Gasteiger partial charge on any atom is -0.493 e. The number of thiocarbonyl (C=S) groups is 1. The monoisotopic (exact) mass is 402 g/mol. The molecule has 0 saturated heterocycles. The molecular weight excluding hydrogens is 376 g/mol. The third kappa shape index (κ3) is 7.17. The van der Waals surface area contributed by atoms with E-state index in [4.69, 9.17) is 26.4 Å². The fourth-order valence-electron chi connectivity index (χ4n) is 2.35. The van der Waals surface area contributed by atoms with Crippen LogP contribution in [0.2, 0.25) is 0 Å². The largest absolute Gasteiger partial charge is 0.493 e. The first-order valence-electron chi connectivity index (χ1n) is 9.20. The van der Waals surface area contributed by atoms with E-state index in [9.17, 15) is 4.79 Å². The Morgan fingerprint density at radius 1 is 1.04 bits per heavy atom. The number of benzene rings is 2. The van der Waals surface area contributed by atoms with E-state index in [1.165, 1.54) is 0 Å². The maximum atomic E-state index is 12.6. The molecule has 0 bridgehead atoms. The Bertz CT molecular complexity index is 783. The minimum absolute atomic E-state index is 0.197. The summed E-state index contributed by atoms with van der Waals surface area (Å²) in [7, 11) is 1.62. The van der Waals surface area contributed by atoms with Gasteiger partial charge < -0.3 is 19.5 Å². The van der Waals surface area contributed by atoms with E-state index in [2.05, 4.69) is 17.6 Å². The Morgan fingerprint density at radius 3 is 2.64 bits per heavy atom. The molecule has 2 N–H and O–H groups in total. The fourth-order valence-corrected chi connectivity index (χ4v) is 2.56. The molecule has 2 rings (SSSR count). The van der Waals surface area contributed by atoms with Crippen LogP contribution in [-0.2, 0) is 4.74 Å². The van der Waals surface area contributed by atoms with Crippen molar-refractivity contribution in [3.05, 3.63) is 54.1 Å². The van der Waals surface area contributed by atoms with Gasteiger partial charge >= 0.3 is 0 Å². The highest BCUT2D eigenvalue weighted by Gasteiger charge is 2.13. The first-order valence-corrected chi connectivity index (χ1v) is 9.60. The molecule has 0 aromatic heterocycles. The summed E-state index contributed by atoms with van der Waals surface area (Å²) in [6, 6.07) is 14.4. The Balaban J connectivity index is 1.94. The van der Waals surface area contributed by atoms with Crippen LogP contribution in [0.1, 0.15) is 30.1 Å². The zero-order chi connectivity index (χ0) is 20.2. The molecule has 0 atom stereocenters. The number of carbonyl (C=O) groups is 1. The number of hydrogen-bond acceptors (Lipinski definition) is 5. The van der Waals surface area contributed by atoms with E-state index < -0.39 is 0 Å². The van der Waals surface area contributed by atoms with Gasteiger partial charge in [0.2, 0.25) is 0 Å². The third-order valence-corrected chi connectivity index (χ3v) is 3.97. The maximum Gasteiger partial charge on any atom is 0.261 e. The van der Waals surface area contributed by atoms with Gasteiger partial charge in [-0.2, -0.15) is 0 Å². The quantitative estimate of drug-likeness (QED) is 0.462. The van der Waals surface area contributed by atoms with Gasteiger partial charge in [-0.1, -0.05) is 31.5 Å². The molecule has 0 aliphatic rings. The molecule has 0 aliphatic carbocycles. The van der Waals surface area contributed by atoms with Crippen LogP contribution >= 0.6 is 12.2 Å². The van der Waals surface area contributed by atoms with Crippen molar-refractivity contribution >= 4 is 28.9 Å². The van der Waals surface area contributed by atoms with Crippen LogP contribution in [0.15, 0.2) is 48.5 Å². The number of hydrogen-bond donors (Lipinski definition) is 2. The van der Waals surface area contributed by atoms with Crippen molar-refractivity contribution in [1.29, 1.82) is 0 Å². The lowest BCUT2D eigenvalue weighted by molar-refractivity contribution is 0.0973. The van der Waals surface area contributed by atoms with Crippen LogP contribution in [0, 0.1) is 0 Å². The van der Waals surface area contributed by atoms with Crippen LogP contribution in [0.4, 0.5) is 5.69 Å². The highest BCUT2D eigenvalue weighted by Crippen LogP contribution is 2.19. The molecular formula is C21H26N2O4S. The first-order chi connectivity index (χ1) is 13.6. The van der Waals surface area contributed by atoms with Gasteiger partial charge in [-0.05, 0) is 42.9 Å². The van der Waals surface area contributed by atoms with Crippen molar-refractivity contribution in [2.75, 3.05) is 32.2 Å². The summed E-state index contributed by atoms with van der Waals surface area (Å²) < 4.78 is 16.2. The molecule has 0 spiro atoms. The highest BCUT2D eigenvalue weighted by atomic mass is 32.1. The maximum absolute atomic E-state index is 12.6. The molecule has 0 aliphatic heterocycles. The van der Waals surface area contributed by atoms with E-state index in [1.54, 1.807) is 31.4 Å². The fraction of sp³-hybridized carbons (Fsp3) is 0.333. The van der Waals surface area contributed by atoms with Gasteiger partial charge in [0.25, 0.3) is 5.91 Å². The number of para-hydroxylation sites is 1. The first kappa shape index (κ1) is 21.7. The number of ether oxygens (including phenoxy) is 3. The Morgan fingerprint density at radius 2 is 1.86 bits per heavy atom. The van der Waals surface area contributed by atoms with Gasteiger partial charge in [0, 0.05) is 18.9 Å². The summed E-state index contributed by atoms with van der Waals surface area (Å²) in [5.74, 6) is 0.910. The van der Waals surface area contributed by atoms with Crippen molar-refractivity contribution in [2.24, 2.45) is 0 Å². The highest BCUT2D eigenvalue weighted by molar-refractivity contribution is 7.80. The van der Waals surface area contributed by atoms with Crippen LogP contribution in [0.5, 0.6) is 11.5 Å². The van der Waals surface area contributed by atoms with Gasteiger partial charge in [0.05, 0.1) is 18.8 Å². The van der Waals surface area contributed by atoms with Crippen LogP contribution in [0.3, 0.4) is 0 Å². The zero-order valence-electron chi connectivity index (χ0n) is 16.2. The van der Waals surface area contributed by atoms with Crippen LogP contribution in [0.25, 0.3) is 0 Å². The molecule has 1 amide bonds. The molecule has 0 radical (unpaired) electrons. The SMILES string of the molecule is CCCCOc1ccccc1C(=O)NC(=S)Nc1cccc(OCCOC)c1. The molecule has 28 heavy (non-hydrogen) atoms. The number of nitrogens with one attached hydrogen (secondary N) is 2. The zero-order valence-corrected chi connectivity index (χ0v) is 17.0. The molecule has 2 aromatic rings. The standard InChI is InChI=1S/C21H26N2O4S/c1-3-4-12-27-19-11-6-5-10-18(19)20(24)23-21(28)22-16-8-7-9-17(15-16)26-14-13-25-2/h5-11,15H,3-4,12-14H2,1-2H3,(H2,22,23,24,28). The summed E-state index contributed by atoms with van der Waals surface area (Å²) in [5.41, 5.74) is 1.16. The predicted molar refractivity (Wildman–Crippen MR) is 114 cm³/mol. The molecule has 0 saturated carbocycles. The Hall–Kier alpha value is -2.64. The number of unbranched alkanes of at least 4 members (excludes halogenated alkanes) is 1. The molecule has 7 heteroatoms. The average Bonchev–Trinajstić information content (AvgIpc) is 2.69. The lowest BCUT2D eigenvalue weighted by atomic mass is 10.2. The molecule has 6 nitrogen and oxygen atoms in total. The van der Waals surface area contributed by atoms with Crippen molar-refractivity contribution in [3.63, 3.8) is 0 Å². The number of rotatable bonds is 10. The number of anilines is 1. The second-order valence-corrected chi connectivity index (χ2v) is 6.38. The summed E-state index contributed by atoms with van der Waals surface area (Å²) >= 11 is 5.27. The summed E-state index contributed by atoms with van der Waals surface area (Å²) in [6.07, 6.45) is 1.95. The predicted octanol–water partition coefficient (Wildman–Crippen LogP) is 4.02. The van der Waals surface area contributed by atoms with E-state index in [0.29, 0.717) is 42.6 Å². The van der Waals surface area contributed by atoms with E-state index in [0.717, 1.165) is 12.8 Å². The lowest BCUT2D eigenvalue weighted by Gasteiger charge is -2.13. The van der Waals surface area contributed by atoms with Crippen molar-refractivity contribution in [3.8, 4) is 11.5 Å². The van der Waals surface area contributed by atoms with Gasteiger partial charge in [0.1, 0.15) is 18.1 Å². The van der Waals surface area contributed by atoms with Gasteiger partial charge in [-0.25, -0.2) is 0 Å². The molecule has 0 heterocycles. The number of carbonyl (C=O) groups excluding carboxylic acids is 1. The summed E-state index contributed by atoms with van der Waals surface area (Å²) in [4.78, 5) is 12.6. The topological polar surface area (TPSA) is 68.8 Å². The van der Waals surface area contributed by atoms with Gasteiger partial charge in [0.15, 0.2) is 5.11 Å².